The van der Waals surface area contributed by atoms with Crippen LogP contribution in [-0.2, 0) is 19.2 Å². The Balaban J connectivity index is 1.29. The number of nitrogens with one attached hydrogen (secondary N) is 1. The molecule has 0 bridgehead atoms. The molecule has 3 aliphatic rings. The predicted octanol–water partition coefficient (Wildman–Crippen LogP) is 1.14. The number of aliphatic carboxylic acids is 1. The molecule has 3 aliphatic heterocycles. The van der Waals surface area contributed by atoms with Gasteiger partial charge >= 0.3 is 5.97 Å². The number of imide groups is 1. The highest BCUT2D eigenvalue weighted by Gasteiger charge is 2.33. The van der Waals surface area contributed by atoms with E-state index in [1.54, 1.807) is 6.20 Å². The Hall–Kier alpha value is -2.97. The van der Waals surface area contributed by atoms with E-state index in [1.165, 1.54) is 0 Å². The van der Waals surface area contributed by atoms with Gasteiger partial charge in [-0.1, -0.05) is 6.07 Å². The molecular formula is C22H28N4O5. The van der Waals surface area contributed by atoms with E-state index in [2.05, 4.69) is 15.2 Å². The van der Waals surface area contributed by atoms with E-state index in [0.717, 1.165) is 37.3 Å². The molecule has 166 valence electrons. The SMILES string of the molecule is O=C1CC[C@@H](c2ccc(N3CCC(C(=O)N4CCC(C(=O)O)CC4)CC3)nc2)C(=O)N1. The number of piperidine rings is 3. The molecule has 1 aromatic rings. The average molecular weight is 428 g/mol. The lowest BCUT2D eigenvalue weighted by atomic mass is 9.91. The van der Waals surface area contributed by atoms with Crippen molar-refractivity contribution in [3.63, 3.8) is 0 Å². The Bertz CT molecular complexity index is 855. The first kappa shape index (κ1) is 21.3. The molecule has 3 saturated heterocycles. The van der Waals surface area contributed by atoms with Crippen molar-refractivity contribution in [1.29, 1.82) is 0 Å². The van der Waals surface area contributed by atoms with Gasteiger partial charge in [-0.05, 0) is 43.7 Å². The topological polar surface area (TPSA) is 120 Å². The Morgan fingerprint density at radius 3 is 2.23 bits per heavy atom. The second-order valence-electron chi connectivity index (χ2n) is 8.65. The van der Waals surface area contributed by atoms with Gasteiger partial charge in [0.15, 0.2) is 0 Å². The van der Waals surface area contributed by atoms with E-state index in [9.17, 15) is 19.2 Å². The van der Waals surface area contributed by atoms with Crippen LogP contribution in [0.25, 0.3) is 0 Å². The lowest BCUT2D eigenvalue weighted by Gasteiger charge is -2.37. The normalized spacial score (nSPS) is 23.5. The van der Waals surface area contributed by atoms with E-state index >= 15 is 0 Å². The van der Waals surface area contributed by atoms with Gasteiger partial charge in [0.25, 0.3) is 0 Å². The van der Waals surface area contributed by atoms with Crippen LogP contribution in [0.15, 0.2) is 18.3 Å². The molecule has 2 N–H and O–H groups in total. The first-order valence-electron chi connectivity index (χ1n) is 11.0. The third-order valence-electron chi connectivity index (χ3n) is 6.74. The van der Waals surface area contributed by atoms with Gasteiger partial charge < -0.3 is 14.9 Å². The highest BCUT2D eigenvalue weighted by molar-refractivity contribution is 6.00. The summed E-state index contributed by atoms with van der Waals surface area (Å²) >= 11 is 0. The minimum atomic E-state index is -0.767. The summed E-state index contributed by atoms with van der Waals surface area (Å²) in [4.78, 5) is 55.8. The molecule has 9 nitrogen and oxygen atoms in total. The van der Waals surface area contributed by atoms with Gasteiger partial charge in [-0.15, -0.1) is 0 Å². The minimum Gasteiger partial charge on any atom is -0.481 e. The largest absolute Gasteiger partial charge is 0.481 e. The number of anilines is 1. The number of carbonyl (C=O) groups is 4. The van der Waals surface area contributed by atoms with Gasteiger partial charge in [0, 0.05) is 44.7 Å². The van der Waals surface area contributed by atoms with E-state index in [4.69, 9.17) is 5.11 Å². The van der Waals surface area contributed by atoms with Crippen LogP contribution in [-0.4, -0.2) is 64.9 Å². The van der Waals surface area contributed by atoms with Crippen molar-refractivity contribution in [3.05, 3.63) is 23.9 Å². The smallest absolute Gasteiger partial charge is 0.306 e. The number of nitrogens with zero attached hydrogens (tertiary/aromatic N) is 3. The molecular weight excluding hydrogens is 400 g/mol. The van der Waals surface area contributed by atoms with Crippen LogP contribution in [0.4, 0.5) is 5.82 Å². The maximum Gasteiger partial charge on any atom is 0.306 e. The molecule has 1 aromatic heterocycles. The Morgan fingerprint density at radius 2 is 1.65 bits per heavy atom. The van der Waals surface area contributed by atoms with Crippen molar-refractivity contribution in [2.75, 3.05) is 31.1 Å². The van der Waals surface area contributed by atoms with Crippen molar-refractivity contribution in [3.8, 4) is 0 Å². The lowest BCUT2D eigenvalue weighted by molar-refractivity contribution is -0.147. The van der Waals surface area contributed by atoms with E-state index in [-0.39, 0.29) is 35.5 Å². The van der Waals surface area contributed by atoms with Crippen molar-refractivity contribution >= 4 is 29.5 Å². The van der Waals surface area contributed by atoms with Crippen molar-refractivity contribution < 1.29 is 24.3 Å². The van der Waals surface area contributed by atoms with E-state index < -0.39 is 5.97 Å². The van der Waals surface area contributed by atoms with Gasteiger partial charge in [-0.3, -0.25) is 24.5 Å². The molecule has 0 radical (unpaired) electrons. The number of carbonyl (C=O) groups excluding carboxylic acids is 3. The number of carboxylic acid groups (broad SMARTS) is 1. The standard InChI is InChI=1S/C22H28N4O5/c27-19-4-2-17(20(28)24-19)16-1-3-18(23-13-16)25-9-5-14(6-10-25)21(29)26-11-7-15(8-12-26)22(30)31/h1,3,13-15,17H,2,4-12H2,(H,30,31)(H,24,27,28)/t17-/m0/s1. The van der Waals surface area contributed by atoms with Crippen LogP contribution in [0.5, 0.6) is 0 Å². The second kappa shape index (κ2) is 9.03. The molecule has 0 unspecified atom stereocenters. The molecule has 9 heteroatoms. The number of rotatable bonds is 4. The fourth-order valence-corrected chi connectivity index (χ4v) is 4.76. The highest BCUT2D eigenvalue weighted by atomic mass is 16.4. The number of hydrogen-bond acceptors (Lipinski definition) is 6. The summed E-state index contributed by atoms with van der Waals surface area (Å²) in [5, 5.41) is 11.5. The van der Waals surface area contributed by atoms with Crippen LogP contribution < -0.4 is 10.2 Å². The molecule has 4 heterocycles. The molecule has 0 spiro atoms. The van der Waals surface area contributed by atoms with Gasteiger partial charge in [0.1, 0.15) is 5.82 Å². The molecule has 4 rings (SSSR count). The number of likely N-dealkylation sites (tertiary alicyclic amines) is 1. The second-order valence-corrected chi connectivity index (χ2v) is 8.65. The molecule has 3 fully saturated rings. The Kier molecular flexibility index (Phi) is 6.20. The molecule has 31 heavy (non-hydrogen) atoms. The van der Waals surface area contributed by atoms with Crippen LogP contribution in [0.1, 0.15) is 50.0 Å². The average Bonchev–Trinajstić information content (AvgIpc) is 2.79. The summed E-state index contributed by atoms with van der Waals surface area (Å²) < 4.78 is 0. The molecule has 0 saturated carbocycles. The summed E-state index contributed by atoms with van der Waals surface area (Å²) in [6, 6.07) is 3.80. The maximum absolute atomic E-state index is 12.8. The first-order valence-corrected chi connectivity index (χ1v) is 11.0. The Labute approximate surface area is 180 Å². The third kappa shape index (κ3) is 4.70. The first-order chi connectivity index (χ1) is 14.9. The highest BCUT2D eigenvalue weighted by Crippen LogP contribution is 2.28. The quantitative estimate of drug-likeness (QED) is 0.690. The molecule has 1 atom stereocenters. The van der Waals surface area contributed by atoms with E-state index in [1.807, 2.05) is 17.0 Å². The van der Waals surface area contributed by atoms with Gasteiger partial charge in [-0.25, -0.2) is 4.98 Å². The summed E-state index contributed by atoms with van der Waals surface area (Å²) in [5.74, 6) is -0.995. The number of hydrogen-bond donors (Lipinski definition) is 2. The fourth-order valence-electron chi connectivity index (χ4n) is 4.76. The van der Waals surface area contributed by atoms with Crippen LogP contribution in [0, 0.1) is 11.8 Å². The zero-order chi connectivity index (χ0) is 22.0. The number of aromatic nitrogens is 1. The van der Waals surface area contributed by atoms with Gasteiger partial charge in [0.05, 0.1) is 11.8 Å². The summed E-state index contributed by atoms with van der Waals surface area (Å²) in [6.45, 7) is 2.51. The zero-order valence-corrected chi connectivity index (χ0v) is 17.5. The Morgan fingerprint density at radius 1 is 0.968 bits per heavy atom. The molecule has 0 aromatic carbocycles. The van der Waals surface area contributed by atoms with Gasteiger partial charge in [0.2, 0.25) is 17.7 Å². The summed E-state index contributed by atoms with van der Waals surface area (Å²) in [6.07, 6.45) is 5.10. The van der Waals surface area contributed by atoms with Crippen molar-refractivity contribution in [2.24, 2.45) is 11.8 Å². The summed E-state index contributed by atoms with van der Waals surface area (Å²) in [5.41, 5.74) is 0.809. The third-order valence-corrected chi connectivity index (χ3v) is 6.74. The molecule has 0 aliphatic carbocycles. The van der Waals surface area contributed by atoms with Crippen molar-refractivity contribution in [1.82, 2.24) is 15.2 Å². The maximum atomic E-state index is 12.8. The lowest BCUT2D eigenvalue weighted by Crippen LogP contribution is -2.46. The van der Waals surface area contributed by atoms with Gasteiger partial charge in [-0.2, -0.15) is 0 Å². The number of carboxylic acids is 1. The fraction of sp³-hybridized carbons (Fsp3) is 0.591. The van der Waals surface area contributed by atoms with Crippen molar-refractivity contribution in [2.45, 2.75) is 44.4 Å². The number of pyridine rings is 1. The van der Waals surface area contributed by atoms with Crippen LogP contribution in [0.2, 0.25) is 0 Å². The number of amides is 3. The van der Waals surface area contributed by atoms with Crippen LogP contribution >= 0.6 is 0 Å². The summed E-state index contributed by atoms with van der Waals surface area (Å²) in [7, 11) is 0. The molecule has 3 amide bonds. The van der Waals surface area contributed by atoms with E-state index in [0.29, 0.717) is 38.8 Å². The predicted molar refractivity (Wildman–Crippen MR) is 111 cm³/mol. The monoisotopic (exact) mass is 428 g/mol. The van der Waals surface area contributed by atoms with Crippen LogP contribution in [0.3, 0.4) is 0 Å². The minimum absolute atomic E-state index is 0.0274. The zero-order valence-electron chi connectivity index (χ0n) is 17.5.